The highest BCUT2D eigenvalue weighted by atomic mass is 32.2. The van der Waals surface area contributed by atoms with Gasteiger partial charge in [-0.05, 0) is 17.7 Å². The van der Waals surface area contributed by atoms with Crippen LogP contribution in [0, 0.1) is 0 Å². The molecule has 22 heavy (non-hydrogen) atoms. The number of para-hydroxylation sites is 2. The highest BCUT2D eigenvalue weighted by Gasteiger charge is 2.16. The molecule has 1 amide bonds. The van der Waals surface area contributed by atoms with Crippen molar-refractivity contribution >= 4 is 27.3 Å². The summed E-state index contributed by atoms with van der Waals surface area (Å²) in [5.74, 6) is -0.194. The Morgan fingerprint density at radius 2 is 1.64 bits per heavy atom. The van der Waals surface area contributed by atoms with Crippen LogP contribution in [0.5, 0.6) is 0 Å². The van der Waals surface area contributed by atoms with Crippen molar-refractivity contribution in [3.63, 3.8) is 0 Å². The maximum absolute atomic E-state index is 12.1. The zero-order valence-electron chi connectivity index (χ0n) is 12.5. The predicted octanol–water partition coefficient (Wildman–Crippen LogP) is 2.26. The molecule has 0 radical (unpaired) electrons. The molecule has 6 heteroatoms. The number of hydrogen-bond donors (Lipinski definition) is 1. The molecule has 5 nitrogen and oxygen atoms in total. The first-order valence-corrected chi connectivity index (χ1v) is 8.59. The molecular formula is C16H18N2O3S. The van der Waals surface area contributed by atoms with Crippen LogP contribution in [0.15, 0.2) is 54.6 Å². The summed E-state index contributed by atoms with van der Waals surface area (Å²) >= 11 is 0. The first kappa shape index (κ1) is 16.0. The summed E-state index contributed by atoms with van der Waals surface area (Å²) < 4.78 is 24.5. The number of rotatable bonds is 5. The van der Waals surface area contributed by atoms with E-state index in [9.17, 15) is 13.2 Å². The molecule has 2 aromatic rings. The first-order valence-electron chi connectivity index (χ1n) is 6.74. The van der Waals surface area contributed by atoms with E-state index in [1.54, 1.807) is 24.3 Å². The van der Waals surface area contributed by atoms with Crippen molar-refractivity contribution in [3.05, 3.63) is 60.2 Å². The van der Waals surface area contributed by atoms with Crippen molar-refractivity contribution in [2.24, 2.45) is 0 Å². The molecule has 1 N–H and O–H groups in total. The topological polar surface area (TPSA) is 66.5 Å². The smallest absolute Gasteiger partial charge is 0.232 e. The Bertz CT molecular complexity index is 758. The third kappa shape index (κ3) is 4.08. The number of anilines is 2. The quantitative estimate of drug-likeness (QED) is 0.919. The van der Waals surface area contributed by atoms with Gasteiger partial charge in [-0.2, -0.15) is 0 Å². The van der Waals surface area contributed by atoms with E-state index in [-0.39, 0.29) is 12.3 Å². The fraction of sp³-hybridized carbons (Fsp3) is 0.188. The van der Waals surface area contributed by atoms with Crippen LogP contribution in [-0.2, 0) is 21.2 Å². The van der Waals surface area contributed by atoms with E-state index >= 15 is 0 Å². The second-order valence-electron chi connectivity index (χ2n) is 4.96. The number of carbonyl (C=O) groups excluding carboxylic acids is 1. The summed E-state index contributed by atoms with van der Waals surface area (Å²) in [5.41, 5.74) is 1.80. The summed E-state index contributed by atoms with van der Waals surface area (Å²) in [6, 6.07) is 16.2. The molecular weight excluding hydrogens is 300 g/mol. The minimum atomic E-state index is -3.39. The summed E-state index contributed by atoms with van der Waals surface area (Å²) in [6.07, 6.45) is 1.35. The van der Waals surface area contributed by atoms with Crippen LogP contribution < -0.4 is 9.62 Å². The van der Waals surface area contributed by atoms with Gasteiger partial charge in [-0.1, -0.05) is 42.5 Å². The predicted molar refractivity (Wildman–Crippen MR) is 88.5 cm³/mol. The molecule has 0 spiro atoms. The summed E-state index contributed by atoms with van der Waals surface area (Å²) in [5, 5.41) is 2.77. The zero-order valence-corrected chi connectivity index (χ0v) is 13.3. The molecule has 116 valence electrons. The Balaban J connectivity index is 2.18. The number of nitrogens with zero attached hydrogens (tertiary/aromatic N) is 1. The molecule has 0 saturated heterocycles. The van der Waals surface area contributed by atoms with Crippen LogP contribution in [0.25, 0.3) is 0 Å². The molecule has 2 aromatic carbocycles. The Labute approximate surface area is 130 Å². The van der Waals surface area contributed by atoms with Crippen LogP contribution in [0.4, 0.5) is 11.4 Å². The van der Waals surface area contributed by atoms with Crippen molar-refractivity contribution < 1.29 is 13.2 Å². The van der Waals surface area contributed by atoms with Gasteiger partial charge in [0.2, 0.25) is 15.9 Å². The molecule has 0 aliphatic rings. The van der Waals surface area contributed by atoms with Gasteiger partial charge in [0, 0.05) is 7.05 Å². The molecule has 0 fully saturated rings. The highest BCUT2D eigenvalue weighted by molar-refractivity contribution is 7.92. The third-order valence-corrected chi connectivity index (χ3v) is 4.41. The maximum Gasteiger partial charge on any atom is 0.232 e. The molecule has 2 rings (SSSR count). The van der Waals surface area contributed by atoms with Crippen molar-refractivity contribution in [1.82, 2.24) is 0 Å². The molecule has 0 unspecified atom stereocenters. The molecule has 0 saturated carbocycles. The largest absolute Gasteiger partial charge is 0.324 e. The zero-order chi connectivity index (χ0) is 16.2. The maximum atomic E-state index is 12.1. The van der Waals surface area contributed by atoms with E-state index in [2.05, 4.69) is 5.32 Å². The Hall–Kier alpha value is -2.34. The first-order chi connectivity index (χ1) is 10.4. The number of sulfonamides is 1. The Morgan fingerprint density at radius 3 is 2.27 bits per heavy atom. The van der Waals surface area contributed by atoms with Gasteiger partial charge in [-0.15, -0.1) is 0 Å². The monoisotopic (exact) mass is 318 g/mol. The van der Waals surface area contributed by atoms with Gasteiger partial charge in [0.15, 0.2) is 0 Å². The van der Waals surface area contributed by atoms with E-state index in [1.807, 2.05) is 30.3 Å². The lowest BCUT2D eigenvalue weighted by atomic mass is 10.1. The lowest BCUT2D eigenvalue weighted by molar-refractivity contribution is -0.115. The van der Waals surface area contributed by atoms with Crippen molar-refractivity contribution in [3.8, 4) is 0 Å². The van der Waals surface area contributed by atoms with Gasteiger partial charge in [-0.3, -0.25) is 9.10 Å². The van der Waals surface area contributed by atoms with E-state index < -0.39 is 10.0 Å². The summed E-state index contributed by atoms with van der Waals surface area (Å²) in [7, 11) is -1.94. The normalized spacial score (nSPS) is 11.0. The van der Waals surface area contributed by atoms with Crippen LogP contribution >= 0.6 is 0 Å². The number of carbonyl (C=O) groups is 1. The van der Waals surface area contributed by atoms with Gasteiger partial charge < -0.3 is 5.32 Å². The van der Waals surface area contributed by atoms with E-state index in [0.717, 1.165) is 16.1 Å². The fourth-order valence-corrected chi connectivity index (χ4v) is 2.52. The van der Waals surface area contributed by atoms with Gasteiger partial charge in [-0.25, -0.2) is 8.42 Å². The van der Waals surface area contributed by atoms with Crippen LogP contribution in [-0.4, -0.2) is 27.6 Å². The minimum absolute atomic E-state index is 0.194. The lowest BCUT2D eigenvalue weighted by Gasteiger charge is -2.20. The van der Waals surface area contributed by atoms with Crippen molar-refractivity contribution in [2.75, 3.05) is 22.9 Å². The number of hydrogen-bond acceptors (Lipinski definition) is 3. The molecule has 0 aliphatic carbocycles. The minimum Gasteiger partial charge on any atom is -0.324 e. The van der Waals surface area contributed by atoms with Crippen LogP contribution in [0.3, 0.4) is 0 Å². The molecule has 0 aliphatic heterocycles. The average molecular weight is 318 g/mol. The lowest BCUT2D eigenvalue weighted by Crippen LogP contribution is -2.26. The van der Waals surface area contributed by atoms with Crippen LogP contribution in [0.1, 0.15) is 5.56 Å². The average Bonchev–Trinajstić information content (AvgIpc) is 2.47. The van der Waals surface area contributed by atoms with E-state index in [4.69, 9.17) is 0 Å². The van der Waals surface area contributed by atoms with E-state index in [1.165, 1.54) is 7.05 Å². The fourth-order valence-electron chi connectivity index (χ4n) is 2.01. The van der Waals surface area contributed by atoms with Crippen molar-refractivity contribution in [1.29, 1.82) is 0 Å². The van der Waals surface area contributed by atoms with E-state index in [0.29, 0.717) is 11.4 Å². The summed E-state index contributed by atoms with van der Waals surface area (Å²) in [4.78, 5) is 12.1. The molecule has 0 bridgehead atoms. The van der Waals surface area contributed by atoms with Gasteiger partial charge in [0.05, 0.1) is 24.1 Å². The Kier molecular flexibility index (Phi) is 4.82. The van der Waals surface area contributed by atoms with Gasteiger partial charge in [0.1, 0.15) is 0 Å². The number of benzene rings is 2. The number of amides is 1. The third-order valence-electron chi connectivity index (χ3n) is 3.22. The van der Waals surface area contributed by atoms with Crippen molar-refractivity contribution in [2.45, 2.75) is 6.42 Å². The molecule has 0 aromatic heterocycles. The second-order valence-corrected chi connectivity index (χ2v) is 6.97. The summed E-state index contributed by atoms with van der Waals surface area (Å²) in [6.45, 7) is 0. The number of nitrogens with one attached hydrogen (secondary N) is 1. The van der Waals surface area contributed by atoms with Gasteiger partial charge >= 0.3 is 0 Å². The standard InChI is InChI=1S/C16H18N2O3S/c1-18(22(2,20)21)15-11-7-6-10-14(15)17-16(19)12-13-8-4-3-5-9-13/h3-11H,12H2,1-2H3,(H,17,19). The Morgan fingerprint density at radius 1 is 1.05 bits per heavy atom. The molecule has 0 atom stereocenters. The van der Waals surface area contributed by atoms with Crippen LogP contribution in [0.2, 0.25) is 0 Å². The second kappa shape index (κ2) is 6.62. The van der Waals surface area contributed by atoms with Gasteiger partial charge in [0.25, 0.3) is 0 Å². The highest BCUT2D eigenvalue weighted by Crippen LogP contribution is 2.26. The molecule has 0 heterocycles. The SMILES string of the molecule is CN(c1ccccc1NC(=O)Cc1ccccc1)S(C)(=O)=O.